The summed E-state index contributed by atoms with van der Waals surface area (Å²) in [5.74, 6) is -1.30. The van der Waals surface area contributed by atoms with Crippen LogP contribution in [0.1, 0.15) is 28.3 Å². The minimum atomic E-state index is -4.02. The standard InChI is InChI=1S/C28H20N2O4S3/c1-16-6-8-18(9-7-16)37(33,34)30-23-5-3-2-4-19(23)26(20-10-11-35-25(20)14-29)27(30)24-12-17(15-36-24)21-13-22(21)28(31)32/h2-12,15,21-22H,13H2,1H3,(H,31,32). The van der Waals surface area contributed by atoms with Crippen LogP contribution in [0.2, 0.25) is 0 Å². The fourth-order valence-corrected chi connectivity index (χ4v) is 8.17. The summed E-state index contributed by atoms with van der Waals surface area (Å²) in [5, 5.41) is 23.7. The van der Waals surface area contributed by atoms with Crippen LogP contribution in [0.25, 0.3) is 32.6 Å². The highest BCUT2D eigenvalue weighted by Gasteiger charge is 2.44. The zero-order valence-corrected chi connectivity index (χ0v) is 22.0. The fraction of sp³-hybridized carbons (Fsp3) is 0.143. The number of hydrogen-bond acceptors (Lipinski definition) is 6. The van der Waals surface area contributed by atoms with Gasteiger partial charge in [0.25, 0.3) is 10.0 Å². The minimum absolute atomic E-state index is 0.0756. The van der Waals surface area contributed by atoms with Gasteiger partial charge in [0.05, 0.1) is 26.9 Å². The van der Waals surface area contributed by atoms with Crippen LogP contribution in [0.5, 0.6) is 0 Å². The molecule has 5 aromatic rings. The molecule has 2 unspecified atom stereocenters. The average Bonchev–Trinajstić information content (AvgIpc) is 3.20. The second kappa shape index (κ2) is 8.70. The number of nitriles is 1. The highest BCUT2D eigenvalue weighted by atomic mass is 32.2. The average molecular weight is 545 g/mol. The third kappa shape index (κ3) is 3.80. The van der Waals surface area contributed by atoms with Crippen LogP contribution in [-0.2, 0) is 14.8 Å². The van der Waals surface area contributed by atoms with Crippen molar-refractivity contribution in [1.29, 1.82) is 5.26 Å². The number of carboxylic acid groups (broad SMARTS) is 1. The summed E-state index contributed by atoms with van der Waals surface area (Å²) in [6.45, 7) is 1.90. The minimum Gasteiger partial charge on any atom is -0.481 e. The third-order valence-electron chi connectivity index (χ3n) is 6.82. The first kappa shape index (κ1) is 23.7. The van der Waals surface area contributed by atoms with Crippen LogP contribution >= 0.6 is 22.7 Å². The molecule has 37 heavy (non-hydrogen) atoms. The molecule has 2 atom stereocenters. The van der Waals surface area contributed by atoms with Crippen molar-refractivity contribution in [3.8, 4) is 27.8 Å². The van der Waals surface area contributed by atoms with E-state index in [4.69, 9.17) is 0 Å². The number of rotatable bonds is 6. The van der Waals surface area contributed by atoms with Gasteiger partial charge < -0.3 is 5.11 Å². The van der Waals surface area contributed by atoms with E-state index in [0.717, 1.165) is 16.5 Å². The van der Waals surface area contributed by atoms with Gasteiger partial charge in [-0.3, -0.25) is 4.79 Å². The van der Waals surface area contributed by atoms with Gasteiger partial charge >= 0.3 is 5.97 Å². The molecule has 0 saturated heterocycles. The third-order valence-corrected chi connectivity index (χ3v) is 10.3. The molecule has 1 saturated carbocycles. The zero-order chi connectivity index (χ0) is 25.9. The Morgan fingerprint density at radius 3 is 2.57 bits per heavy atom. The number of para-hydroxylation sites is 1. The summed E-state index contributed by atoms with van der Waals surface area (Å²) in [5.41, 5.74) is 4.22. The van der Waals surface area contributed by atoms with Crippen molar-refractivity contribution >= 4 is 49.6 Å². The number of benzene rings is 2. The van der Waals surface area contributed by atoms with E-state index in [1.165, 1.54) is 26.6 Å². The maximum absolute atomic E-state index is 14.2. The molecule has 9 heteroatoms. The van der Waals surface area contributed by atoms with Crippen molar-refractivity contribution in [3.05, 3.63) is 87.4 Å². The van der Waals surface area contributed by atoms with Gasteiger partial charge in [0.2, 0.25) is 0 Å². The first-order valence-electron chi connectivity index (χ1n) is 11.6. The lowest BCUT2D eigenvalue weighted by molar-refractivity contribution is -0.138. The molecule has 1 aliphatic carbocycles. The Balaban J connectivity index is 1.67. The predicted octanol–water partition coefficient (Wildman–Crippen LogP) is 6.70. The van der Waals surface area contributed by atoms with Crippen LogP contribution in [0.3, 0.4) is 0 Å². The monoisotopic (exact) mass is 544 g/mol. The molecule has 6 rings (SSSR count). The number of aliphatic carboxylic acids is 1. The van der Waals surface area contributed by atoms with Gasteiger partial charge in [-0.15, -0.1) is 22.7 Å². The summed E-state index contributed by atoms with van der Waals surface area (Å²) < 4.78 is 29.8. The highest BCUT2D eigenvalue weighted by molar-refractivity contribution is 7.90. The summed E-state index contributed by atoms with van der Waals surface area (Å²) in [7, 11) is -4.02. The Bertz CT molecular complexity index is 1840. The van der Waals surface area contributed by atoms with Gasteiger partial charge in [-0.05, 0) is 65.9 Å². The number of aryl methyl sites for hydroxylation is 1. The molecule has 2 aromatic carbocycles. The molecular weight excluding hydrogens is 525 g/mol. The maximum Gasteiger partial charge on any atom is 0.307 e. The van der Waals surface area contributed by atoms with Crippen LogP contribution in [0.4, 0.5) is 0 Å². The van der Waals surface area contributed by atoms with Crippen LogP contribution in [0, 0.1) is 24.2 Å². The summed E-state index contributed by atoms with van der Waals surface area (Å²) >= 11 is 2.71. The van der Waals surface area contributed by atoms with E-state index in [9.17, 15) is 23.6 Å². The molecule has 1 fully saturated rings. The number of hydrogen-bond donors (Lipinski definition) is 1. The van der Waals surface area contributed by atoms with Crippen LogP contribution < -0.4 is 0 Å². The second-order valence-electron chi connectivity index (χ2n) is 9.13. The Hall–Kier alpha value is -3.71. The summed E-state index contributed by atoms with van der Waals surface area (Å²) in [6, 6.07) is 20.1. The molecule has 1 aliphatic rings. The summed E-state index contributed by atoms with van der Waals surface area (Å²) in [6.07, 6.45) is 0.576. The number of thiophene rings is 2. The lowest BCUT2D eigenvalue weighted by Gasteiger charge is -2.13. The van der Waals surface area contributed by atoms with Gasteiger partial charge in [0.1, 0.15) is 10.9 Å². The highest BCUT2D eigenvalue weighted by Crippen LogP contribution is 2.52. The van der Waals surface area contributed by atoms with E-state index in [1.807, 2.05) is 41.9 Å². The van der Waals surface area contributed by atoms with Gasteiger partial charge in [-0.2, -0.15) is 5.26 Å². The van der Waals surface area contributed by atoms with Crippen molar-refractivity contribution in [1.82, 2.24) is 3.97 Å². The molecule has 184 valence electrons. The smallest absolute Gasteiger partial charge is 0.307 e. The lowest BCUT2D eigenvalue weighted by Crippen LogP contribution is -2.14. The van der Waals surface area contributed by atoms with E-state index in [1.54, 1.807) is 36.4 Å². The molecule has 0 spiro atoms. The largest absolute Gasteiger partial charge is 0.481 e. The van der Waals surface area contributed by atoms with Crippen molar-refractivity contribution in [2.45, 2.75) is 24.2 Å². The van der Waals surface area contributed by atoms with Gasteiger partial charge in [0.15, 0.2) is 0 Å². The summed E-state index contributed by atoms with van der Waals surface area (Å²) in [4.78, 5) is 12.9. The molecule has 0 amide bonds. The number of aromatic nitrogens is 1. The molecule has 6 nitrogen and oxygen atoms in total. The first-order chi connectivity index (χ1) is 17.8. The number of fused-ring (bicyclic) bond motifs is 1. The molecule has 3 aromatic heterocycles. The number of carbonyl (C=O) groups is 1. The fourth-order valence-electron chi connectivity index (χ4n) is 4.87. The Labute approximate surface area is 221 Å². The van der Waals surface area contributed by atoms with Gasteiger partial charge in [-0.25, -0.2) is 12.4 Å². The Kier molecular flexibility index (Phi) is 5.57. The van der Waals surface area contributed by atoms with Crippen molar-refractivity contribution in [3.63, 3.8) is 0 Å². The quantitative estimate of drug-likeness (QED) is 0.256. The number of carboxylic acids is 1. The molecule has 1 N–H and O–H groups in total. The van der Waals surface area contributed by atoms with Crippen molar-refractivity contribution in [2.75, 3.05) is 0 Å². The van der Waals surface area contributed by atoms with Crippen LogP contribution in [0.15, 0.2) is 76.3 Å². The molecule has 0 aliphatic heterocycles. The normalized spacial score (nSPS) is 17.1. The SMILES string of the molecule is Cc1ccc(S(=O)(=O)n2c(-c3cc(C4CC4C(=O)O)cs3)c(-c3ccsc3C#N)c3ccccc32)cc1. The van der Waals surface area contributed by atoms with E-state index in [-0.39, 0.29) is 10.8 Å². The topological polar surface area (TPSA) is 100 Å². The van der Waals surface area contributed by atoms with Crippen LogP contribution in [-0.4, -0.2) is 23.5 Å². The van der Waals surface area contributed by atoms with E-state index >= 15 is 0 Å². The van der Waals surface area contributed by atoms with Crippen molar-refractivity contribution in [2.24, 2.45) is 5.92 Å². The maximum atomic E-state index is 14.2. The van der Waals surface area contributed by atoms with Crippen molar-refractivity contribution < 1.29 is 18.3 Å². The molecule has 0 radical (unpaired) electrons. The van der Waals surface area contributed by atoms with E-state index in [0.29, 0.717) is 38.5 Å². The van der Waals surface area contributed by atoms with E-state index in [2.05, 4.69) is 6.07 Å². The predicted molar refractivity (Wildman–Crippen MR) is 146 cm³/mol. The first-order valence-corrected chi connectivity index (χ1v) is 14.8. The second-order valence-corrected chi connectivity index (χ2v) is 12.7. The molecular formula is C28H20N2O4S3. The molecule has 0 bridgehead atoms. The zero-order valence-electron chi connectivity index (χ0n) is 19.6. The Morgan fingerprint density at radius 2 is 1.86 bits per heavy atom. The van der Waals surface area contributed by atoms with E-state index < -0.39 is 21.9 Å². The van der Waals surface area contributed by atoms with Gasteiger partial charge in [0, 0.05) is 16.5 Å². The Morgan fingerprint density at radius 1 is 1.11 bits per heavy atom. The number of nitrogens with zero attached hydrogens (tertiary/aromatic N) is 2. The van der Waals surface area contributed by atoms with Gasteiger partial charge in [-0.1, -0.05) is 35.9 Å². The lowest BCUT2D eigenvalue weighted by atomic mass is 10.0. The molecule has 3 heterocycles.